The summed E-state index contributed by atoms with van der Waals surface area (Å²) in [6.07, 6.45) is 2.10. The van der Waals surface area contributed by atoms with E-state index in [0.29, 0.717) is 11.4 Å². The molecule has 3 heterocycles. The van der Waals surface area contributed by atoms with E-state index in [1.165, 1.54) is 5.56 Å². The zero-order valence-electron chi connectivity index (χ0n) is 31.4. The highest BCUT2D eigenvalue weighted by Crippen LogP contribution is 2.40. The van der Waals surface area contributed by atoms with E-state index in [1.54, 1.807) is 6.07 Å². The van der Waals surface area contributed by atoms with E-state index in [0.717, 1.165) is 72.7 Å². The first kappa shape index (κ1) is 33.4. The van der Waals surface area contributed by atoms with Gasteiger partial charge >= 0.3 is 0 Å². The second-order valence-electron chi connectivity index (χ2n) is 15.3. The number of rotatable bonds is 6. The Bertz CT molecular complexity index is 3070. The minimum absolute atomic E-state index is 0.0373. The lowest BCUT2D eigenvalue weighted by molar-refractivity contribution is 0.477. The van der Waals surface area contributed by atoms with Gasteiger partial charge in [0.2, 0.25) is 5.78 Å². The molecule has 10 aromatic rings. The summed E-state index contributed by atoms with van der Waals surface area (Å²) < 4.78 is 6.63. The van der Waals surface area contributed by atoms with Crippen molar-refractivity contribution in [1.82, 2.24) is 23.5 Å². The predicted octanol–water partition coefficient (Wildman–Crippen LogP) is 12.3. The molecule has 270 valence electrons. The zero-order chi connectivity index (χ0) is 38.0. The summed E-state index contributed by atoms with van der Waals surface area (Å²) in [6.45, 7) is 6.72. The van der Waals surface area contributed by atoms with E-state index in [-0.39, 0.29) is 11.2 Å². The molecular weight excluding hydrogens is 687 g/mol. The van der Waals surface area contributed by atoms with Crippen LogP contribution in [0.5, 0.6) is 5.75 Å². The van der Waals surface area contributed by atoms with Crippen molar-refractivity contribution in [1.29, 1.82) is 0 Å². The molecule has 0 spiro atoms. The molecule has 56 heavy (non-hydrogen) atoms. The molecule has 0 bridgehead atoms. The Morgan fingerprint density at radius 2 is 1.16 bits per heavy atom. The van der Waals surface area contributed by atoms with Crippen LogP contribution in [0.3, 0.4) is 0 Å². The van der Waals surface area contributed by atoms with Crippen molar-refractivity contribution in [3.8, 4) is 62.0 Å². The third kappa shape index (κ3) is 5.49. The van der Waals surface area contributed by atoms with Crippen molar-refractivity contribution in [2.24, 2.45) is 0 Å². The van der Waals surface area contributed by atoms with Crippen LogP contribution in [-0.2, 0) is 5.41 Å². The van der Waals surface area contributed by atoms with Gasteiger partial charge in [-0.05, 0) is 82.8 Å². The van der Waals surface area contributed by atoms with E-state index in [9.17, 15) is 5.11 Å². The number of aromatic nitrogens is 5. The van der Waals surface area contributed by atoms with Crippen LogP contribution in [0.25, 0.3) is 84.1 Å². The number of benzene rings is 7. The Morgan fingerprint density at radius 3 is 1.95 bits per heavy atom. The minimum Gasteiger partial charge on any atom is -0.507 e. The third-order valence-corrected chi connectivity index (χ3v) is 10.8. The Kier molecular flexibility index (Phi) is 7.75. The number of nitrogens with zero attached hydrogens (tertiary/aromatic N) is 5. The van der Waals surface area contributed by atoms with Crippen LogP contribution in [0.1, 0.15) is 26.3 Å². The van der Waals surface area contributed by atoms with Gasteiger partial charge in [0.15, 0.2) is 0 Å². The molecule has 6 heteroatoms. The van der Waals surface area contributed by atoms with Crippen molar-refractivity contribution < 1.29 is 5.11 Å². The van der Waals surface area contributed by atoms with Gasteiger partial charge in [-0.15, -0.1) is 0 Å². The SMILES string of the molecule is CC(C)(C)c1ccc(-n2cc(-c3cccc(-c4cccc5c4nc4n(-c6ccccc6)c6ccccc6n54)c3)nc2-c2ccccc2O)c(-c2ccccc2)c1. The molecule has 7 aromatic carbocycles. The van der Waals surface area contributed by atoms with Crippen molar-refractivity contribution >= 4 is 27.8 Å². The quantitative estimate of drug-likeness (QED) is 0.186. The molecule has 0 aliphatic rings. The number of hydrogen-bond acceptors (Lipinski definition) is 3. The number of fused-ring (bicyclic) bond motifs is 5. The molecule has 0 atom stereocenters. The Labute approximate surface area is 325 Å². The molecule has 10 rings (SSSR count). The molecule has 0 amide bonds. The summed E-state index contributed by atoms with van der Waals surface area (Å²) >= 11 is 0. The van der Waals surface area contributed by atoms with Gasteiger partial charge in [0, 0.05) is 28.6 Å². The van der Waals surface area contributed by atoms with E-state index >= 15 is 0 Å². The lowest BCUT2D eigenvalue weighted by Gasteiger charge is -2.22. The first-order valence-corrected chi connectivity index (χ1v) is 19.0. The standard InChI is InChI=1S/C50H39N5O/c1-50(2,3)36-28-29-42(40(31-36)33-16-6-4-7-17-33)53-32-41(51-48(53)39-22-10-13-27-46(39)56)35-19-14-18-34(30-35)38-23-15-26-45-47(38)52-49-54(37-20-8-5-9-21-37)43-24-11-12-25-44(43)55(45)49/h4-32,56H,1-3H3. The molecule has 0 unspecified atom stereocenters. The molecule has 0 radical (unpaired) electrons. The maximum absolute atomic E-state index is 11.2. The van der Waals surface area contributed by atoms with Crippen molar-refractivity contribution in [3.05, 3.63) is 182 Å². The Morgan fingerprint density at radius 1 is 0.518 bits per heavy atom. The van der Waals surface area contributed by atoms with Crippen LogP contribution in [0.15, 0.2) is 176 Å². The van der Waals surface area contributed by atoms with Gasteiger partial charge in [-0.3, -0.25) is 13.5 Å². The smallest absolute Gasteiger partial charge is 0.220 e. The predicted molar refractivity (Wildman–Crippen MR) is 229 cm³/mol. The fraction of sp³-hybridized carbons (Fsp3) is 0.0800. The fourth-order valence-electron chi connectivity index (χ4n) is 7.95. The Hall–Kier alpha value is -7.18. The second kappa shape index (κ2) is 13.0. The summed E-state index contributed by atoms with van der Waals surface area (Å²) in [6, 6.07) is 58.4. The summed E-state index contributed by atoms with van der Waals surface area (Å²) in [5, 5.41) is 11.2. The van der Waals surface area contributed by atoms with Gasteiger partial charge in [-0.2, -0.15) is 0 Å². The van der Waals surface area contributed by atoms with E-state index in [1.807, 2.05) is 30.3 Å². The minimum atomic E-state index is -0.0373. The molecule has 6 nitrogen and oxygen atoms in total. The van der Waals surface area contributed by atoms with Crippen LogP contribution >= 0.6 is 0 Å². The molecule has 0 fully saturated rings. The molecule has 3 aromatic heterocycles. The van der Waals surface area contributed by atoms with E-state index in [4.69, 9.17) is 9.97 Å². The molecular formula is C50H39N5O. The molecule has 1 N–H and O–H groups in total. The summed E-state index contributed by atoms with van der Waals surface area (Å²) in [5.74, 6) is 1.71. The highest BCUT2D eigenvalue weighted by molar-refractivity contribution is 5.99. The lowest BCUT2D eigenvalue weighted by Crippen LogP contribution is -2.12. The van der Waals surface area contributed by atoms with E-state index in [2.05, 4.69) is 174 Å². The normalized spacial score (nSPS) is 11.9. The van der Waals surface area contributed by atoms with Crippen LogP contribution in [0, 0.1) is 0 Å². The van der Waals surface area contributed by atoms with Gasteiger partial charge in [0.25, 0.3) is 0 Å². The Balaban J connectivity index is 1.16. The summed E-state index contributed by atoms with van der Waals surface area (Å²) in [5.41, 5.74) is 14.2. The van der Waals surface area contributed by atoms with Crippen molar-refractivity contribution in [3.63, 3.8) is 0 Å². The first-order chi connectivity index (χ1) is 27.3. The summed E-state index contributed by atoms with van der Waals surface area (Å²) in [7, 11) is 0. The molecule has 0 aliphatic carbocycles. The highest BCUT2D eigenvalue weighted by Gasteiger charge is 2.23. The van der Waals surface area contributed by atoms with Crippen LogP contribution < -0.4 is 0 Å². The lowest BCUT2D eigenvalue weighted by atomic mass is 9.85. The fourth-order valence-corrected chi connectivity index (χ4v) is 7.95. The van der Waals surface area contributed by atoms with E-state index < -0.39 is 0 Å². The van der Waals surface area contributed by atoms with Gasteiger partial charge in [-0.25, -0.2) is 9.97 Å². The topological polar surface area (TPSA) is 60.3 Å². The number of hydrogen-bond donors (Lipinski definition) is 1. The average molecular weight is 726 g/mol. The molecule has 0 saturated heterocycles. The monoisotopic (exact) mass is 725 g/mol. The first-order valence-electron chi connectivity index (χ1n) is 19.0. The van der Waals surface area contributed by atoms with Gasteiger partial charge < -0.3 is 5.11 Å². The maximum Gasteiger partial charge on any atom is 0.220 e. The van der Waals surface area contributed by atoms with Crippen LogP contribution in [0.4, 0.5) is 0 Å². The molecule has 0 saturated carbocycles. The average Bonchev–Trinajstić information content (AvgIpc) is 3.93. The van der Waals surface area contributed by atoms with Crippen molar-refractivity contribution in [2.45, 2.75) is 26.2 Å². The van der Waals surface area contributed by atoms with Gasteiger partial charge in [0.05, 0.1) is 39.0 Å². The third-order valence-electron chi connectivity index (χ3n) is 10.8. The van der Waals surface area contributed by atoms with Crippen LogP contribution in [-0.4, -0.2) is 28.6 Å². The number of aromatic hydroxyl groups is 1. The number of phenolic OH excluding ortho intramolecular Hbond substituents is 1. The number of para-hydroxylation sites is 5. The van der Waals surface area contributed by atoms with Crippen molar-refractivity contribution in [2.75, 3.05) is 0 Å². The van der Waals surface area contributed by atoms with Crippen LogP contribution in [0.2, 0.25) is 0 Å². The number of imidazole rings is 3. The largest absolute Gasteiger partial charge is 0.507 e. The highest BCUT2D eigenvalue weighted by atomic mass is 16.3. The maximum atomic E-state index is 11.2. The van der Waals surface area contributed by atoms with Gasteiger partial charge in [-0.1, -0.05) is 130 Å². The molecule has 0 aliphatic heterocycles. The zero-order valence-corrected chi connectivity index (χ0v) is 31.4. The van der Waals surface area contributed by atoms with Gasteiger partial charge in [0.1, 0.15) is 11.6 Å². The number of phenols is 1. The second-order valence-corrected chi connectivity index (χ2v) is 15.3. The summed E-state index contributed by atoms with van der Waals surface area (Å²) in [4.78, 5) is 10.6.